The molecule has 1 atom stereocenters. The Bertz CT molecular complexity index is 288. The molecule has 0 bridgehead atoms. The first kappa shape index (κ1) is 14.8. The average Bonchev–Trinajstić information content (AvgIpc) is 2.34. The summed E-state index contributed by atoms with van der Waals surface area (Å²) < 4.78 is 5.23. The Hall–Kier alpha value is -1.30. The number of carbonyl (C=O) groups excluding carboxylic acids is 1. The zero-order valence-corrected chi connectivity index (χ0v) is 10.9. The van der Waals surface area contributed by atoms with Gasteiger partial charge in [0.1, 0.15) is 6.04 Å². The van der Waals surface area contributed by atoms with Crippen LogP contribution in [0, 0.1) is 11.8 Å². The van der Waals surface area contributed by atoms with Gasteiger partial charge in [0.15, 0.2) is 0 Å². The van der Waals surface area contributed by atoms with Gasteiger partial charge in [-0.15, -0.1) is 0 Å². The van der Waals surface area contributed by atoms with E-state index < -0.39 is 18.0 Å². The van der Waals surface area contributed by atoms with Gasteiger partial charge in [-0.05, 0) is 24.7 Å². The minimum Gasteiger partial charge on any atom is -0.480 e. The first-order valence-electron chi connectivity index (χ1n) is 6.35. The van der Waals surface area contributed by atoms with Gasteiger partial charge in [-0.2, -0.15) is 0 Å². The Balaban J connectivity index is 2.29. The Morgan fingerprint density at radius 1 is 1.33 bits per heavy atom. The molecule has 1 saturated heterocycles. The van der Waals surface area contributed by atoms with E-state index in [0.29, 0.717) is 12.5 Å². The van der Waals surface area contributed by atoms with Gasteiger partial charge in [-0.25, -0.2) is 9.59 Å². The number of hydrogen-bond acceptors (Lipinski definition) is 3. The maximum absolute atomic E-state index is 11.6. The van der Waals surface area contributed by atoms with Gasteiger partial charge in [0, 0.05) is 19.8 Å². The highest BCUT2D eigenvalue weighted by molar-refractivity contribution is 5.82. The highest BCUT2D eigenvalue weighted by atomic mass is 16.5. The number of aliphatic carboxylic acids is 1. The van der Waals surface area contributed by atoms with E-state index in [0.717, 1.165) is 26.1 Å². The molecule has 1 aliphatic heterocycles. The molecule has 1 heterocycles. The van der Waals surface area contributed by atoms with Crippen molar-refractivity contribution in [3.8, 4) is 0 Å². The molecule has 0 aromatic carbocycles. The van der Waals surface area contributed by atoms with Crippen LogP contribution in [0.3, 0.4) is 0 Å². The highest BCUT2D eigenvalue weighted by Gasteiger charge is 2.23. The van der Waals surface area contributed by atoms with Crippen LogP contribution >= 0.6 is 0 Å². The highest BCUT2D eigenvalue weighted by Crippen LogP contribution is 2.13. The molecule has 1 aliphatic rings. The molecule has 6 nitrogen and oxygen atoms in total. The van der Waals surface area contributed by atoms with Crippen molar-refractivity contribution in [3.05, 3.63) is 0 Å². The SMILES string of the molecule is CC(C)[C@@H](NC(=O)NCC1CCOCC1)C(=O)O. The van der Waals surface area contributed by atoms with Crippen LogP contribution in [0.15, 0.2) is 0 Å². The van der Waals surface area contributed by atoms with Crippen molar-refractivity contribution in [1.29, 1.82) is 0 Å². The lowest BCUT2D eigenvalue weighted by Gasteiger charge is -2.23. The van der Waals surface area contributed by atoms with Crippen molar-refractivity contribution < 1.29 is 19.4 Å². The average molecular weight is 258 g/mol. The Morgan fingerprint density at radius 2 is 1.94 bits per heavy atom. The molecule has 1 fully saturated rings. The maximum Gasteiger partial charge on any atom is 0.326 e. The number of carboxylic acid groups (broad SMARTS) is 1. The number of amides is 2. The lowest BCUT2D eigenvalue weighted by molar-refractivity contribution is -0.140. The van der Waals surface area contributed by atoms with E-state index in [1.54, 1.807) is 13.8 Å². The molecule has 1 rings (SSSR count). The normalized spacial score (nSPS) is 18.4. The minimum absolute atomic E-state index is 0.142. The van der Waals surface area contributed by atoms with Crippen LogP contribution in [0.4, 0.5) is 4.79 Å². The number of ether oxygens (including phenoxy) is 1. The van der Waals surface area contributed by atoms with Gasteiger partial charge in [-0.1, -0.05) is 13.8 Å². The predicted molar refractivity (Wildman–Crippen MR) is 66.3 cm³/mol. The summed E-state index contributed by atoms with van der Waals surface area (Å²) in [5.74, 6) is -0.727. The predicted octanol–water partition coefficient (Wildman–Crippen LogP) is 0.821. The molecule has 0 unspecified atom stereocenters. The first-order valence-corrected chi connectivity index (χ1v) is 6.35. The summed E-state index contributed by atoms with van der Waals surface area (Å²) in [4.78, 5) is 22.5. The van der Waals surface area contributed by atoms with E-state index in [4.69, 9.17) is 9.84 Å². The van der Waals surface area contributed by atoms with E-state index in [-0.39, 0.29) is 5.92 Å². The second kappa shape index (κ2) is 7.20. The van der Waals surface area contributed by atoms with Gasteiger partial charge in [0.2, 0.25) is 0 Å². The third kappa shape index (κ3) is 4.91. The van der Waals surface area contributed by atoms with Crippen LogP contribution in [0.1, 0.15) is 26.7 Å². The second-order valence-corrected chi connectivity index (χ2v) is 4.97. The van der Waals surface area contributed by atoms with Crippen LogP contribution in [0.5, 0.6) is 0 Å². The van der Waals surface area contributed by atoms with Crippen LogP contribution in [-0.2, 0) is 9.53 Å². The molecular weight excluding hydrogens is 236 g/mol. The van der Waals surface area contributed by atoms with Gasteiger partial charge in [0.05, 0.1) is 0 Å². The molecule has 0 spiro atoms. The molecular formula is C12H22N2O4. The fraction of sp³-hybridized carbons (Fsp3) is 0.833. The van der Waals surface area contributed by atoms with Gasteiger partial charge >= 0.3 is 12.0 Å². The Labute approximate surface area is 107 Å². The number of rotatable bonds is 5. The summed E-state index contributed by atoms with van der Waals surface area (Å²) in [7, 11) is 0. The van der Waals surface area contributed by atoms with E-state index in [2.05, 4.69) is 10.6 Å². The topological polar surface area (TPSA) is 87.7 Å². The van der Waals surface area contributed by atoms with Crippen molar-refractivity contribution in [3.63, 3.8) is 0 Å². The third-order valence-electron chi connectivity index (χ3n) is 3.11. The smallest absolute Gasteiger partial charge is 0.326 e. The molecule has 0 radical (unpaired) electrons. The molecule has 18 heavy (non-hydrogen) atoms. The molecule has 0 aromatic rings. The zero-order chi connectivity index (χ0) is 13.5. The molecule has 0 aromatic heterocycles. The van der Waals surface area contributed by atoms with Crippen LogP contribution < -0.4 is 10.6 Å². The van der Waals surface area contributed by atoms with E-state index in [1.165, 1.54) is 0 Å². The molecule has 2 amide bonds. The fourth-order valence-electron chi connectivity index (χ4n) is 1.89. The number of carboxylic acids is 1. The summed E-state index contributed by atoms with van der Waals surface area (Å²) in [5, 5.41) is 14.1. The number of nitrogens with one attached hydrogen (secondary N) is 2. The minimum atomic E-state index is -1.01. The summed E-state index contributed by atoms with van der Waals surface area (Å²) in [6.07, 6.45) is 1.87. The van der Waals surface area contributed by atoms with Crippen LogP contribution in [0.25, 0.3) is 0 Å². The summed E-state index contributed by atoms with van der Waals surface area (Å²) >= 11 is 0. The molecule has 0 aliphatic carbocycles. The van der Waals surface area contributed by atoms with Crippen LogP contribution in [0.2, 0.25) is 0 Å². The molecule has 6 heteroatoms. The quantitative estimate of drug-likeness (QED) is 0.681. The second-order valence-electron chi connectivity index (χ2n) is 4.97. The maximum atomic E-state index is 11.6. The van der Waals surface area contributed by atoms with Gasteiger partial charge in [-0.3, -0.25) is 0 Å². The lowest BCUT2D eigenvalue weighted by Crippen LogP contribution is -2.49. The van der Waals surface area contributed by atoms with Gasteiger partial charge < -0.3 is 20.5 Å². The van der Waals surface area contributed by atoms with E-state index in [9.17, 15) is 9.59 Å². The molecule has 104 valence electrons. The van der Waals surface area contributed by atoms with Crippen molar-refractivity contribution in [2.24, 2.45) is 11.8 Å². The molecule has 3 N–H and O–H groups in total. The standard InChI is InChI=1S/C12H22N2O4/c1-8(2)10(11(15)16)14-12(17)13-7-9-3-5-18-6-4-9/h8-10H,3-7H2,1-2H3,(H,15,16)(H2,13,14,17)/t10-/m1/s1. The molecule has 0 saturated carbocycles. The summed E-state index contributed by atoms with van der Waals surface area (Å²) in [6, 6.07) is -1.26. The Kier molecular flexibility index (Phi) is 5.91. The largest absolute Gasteiger partial charge is 0.480 e. The van der Waals surface area contributed by atoms with Crippen molar-refractivity contribution in [1.82, 2.24) is 10.6 Å². The monoisotopic (exact) mass is 258 g/mol. The lowest BCUT2D eigenvalue weighted by atomic mass is 10.0. The third-order valence-corrected chi connectivity index (χ3v) is 3.11. The van der Waals surface area contributed by atoms with Gasteiger partial charge in [0.25, 0.3) is 0 Å². The summed E-state index contributed by atoms with van der Waals surface area (Å²) in [6.45, 7) is 5.56. The zero-order valence-electron chi connectivity index (χ0n) is 10.9. The van der Waals surface area contributed by atoms with Crippen LogP contribution in [-0.4, -0.2) is 42.9 Å². The number of hydrogen-bond donors (Lipinski definition) is 3. The van der Waals surface area contributed by atoms with Crippen molar-refractivity contribution >= 4 is 12.0 Å². The first-order chi connectivity index (χ1) is 8.50. The van der Waals surface area contributed by atoms with Crippen molar-refractivity contribution in [2.45, 2.75) is 32.7 Å². The Morgan fingerprint density at radius 3 is 2.44 bits per heavy atom. The van der Waals surface area contributed by atoms with E-state index >= 15 is 0 Å². The number of urea groups is 1. The fourth-order valence-corrected chi connectivity index (χ4v) is 1.89. The van der Waals surface area contributed by atoms with E-state index in [1.807, 2.05) is 0 Å². The van der Waals surface area contributed by atoms with Crippen molar-refractivity contribution in [2.75, 3.05) is 19.8 Å². The summed E-state index contributed by atoms with van der Waals surface area (Å²) in [5.41, 5.74) is 0. The number of carbonyl (C=O) groups is 2.